The fourth-order valence-corrected chi connectivity index (χ4v) is 1.57. The van der Waals surface area contributed by atoms with Crippen molar-refractivity contribution < 1.29 is 0 Å². The van der Waals surface area contributed by atoms with E-state index in [0.717, 1.165) is 4.20 Å². The van der Waals surface area contributed by atoms with Crippen molar-refractivity contribution in [3.8, 4) is 0 Å². The SMILES string of the molecule is CC(=S)Sc1ccccc1. The molecule has 0 aliphatic carbocycles. The Morgan fingerprint density at radius 1 is 1.30 bits per heavy atom. The van der Waals surface area contributed by atoms with E-state index in [4.69, 9.17) is 12.2 Å². The van der Waals surface area contributed by atoms with Gasteiger partial charge in [-0.1, -0.05) is 42.2 Å². The molecule has 0 fully saturated rings. The molecule has 2 heteroatoms. The van der Waals surface area contributed by atoms with Crippen LogP contribution >= 0.6 is 24.0 Å². The third kappa shape index (κ3) is 2.50. The molecule has 1 aromatic carbocycles. The molecule has 10 heavy (non-hydrogen) atoms. The van der Waals surface area contributed by atoms with Crippen LogP contribution in [0.3, 0.4) is 0 Å². The number of rotatable bonds is 1. The summed E-state index contributed by atoms with van der Waals surface area (Å²) >= 11 is 6.57. The highest BCUT2D eigenvalue weighted by Crippen LogP contribution is 2.17. The second-order valence-electron chi connectivity index (χ2n) is 1.91. The molecule has 0 aromatic heterocycles. The molecule has 1 aromatic rings. The van der Waals surface area contributed by atoms with Crippen molar-refractivity contribution in [3.05, 3.63) is 30.3 Å². The zero-order valence-electron chi connectivity index (χ0n) is 5.70. The Balaban J connectivity index is 2.67. The molecule has 0 radical (unpaired) electrons. The van der Waals surface area contributed by atoms with Crippen LogP contribution in [-0.2, 0) is 0 Å². The van der Waals surface area contributed by atoms with Crippen molar-refractivity contribution in [2.24, 2.45) is 0 Å². The summed E-state index contributed by atoms with van der Waals surface area (Å²) in [6.45, 7) is 1.94. The van der Waals surface area contributed by atoms with Crippen LogP contribution in [0, 0.1) is 0 Å². The number of thioether (sulfide) groups is 1. The van der Waals surface area contributed by atoms with Gasteiger partial charge in [-0.05, 0) is 19.1 Å². The number of benzene rings is 1. The van der Waals surface area contributed by atoms with Crippen molar-refractivity contribution in [2.45, 2.75) is 11.8 Å². The fraction of sp³-hybridized carbons (Fsp3) is 0.125. The maximum Gasteiger partial charge on any atom is 0.0496 e. The highest BCUT2D eigenvalue weighted by molar-refractivity contribution is 8.23. The van der Waals surface area contributed by atoms with Crippen molar-refractivity contribution in [3.63, 3.8) is 0 Å². The summed E-state index contributed by atoms with van der Waals surface area (Å²) in [4.78, 5) is 1.22. The maximum absolute atomic E-state index is 4.94. The summed E-state index contributed by atoms with van der Waals surface area (Å²) in [7, 11) is 0. The molecule has 0 N–H and O–H groups in total. The van der Waals surface area contributed by atoms with Crippen LogP contribution in [0.2, 0.25) is 0 Å². The van der Waals surface area contributed by atoms with Gasteiger partial charge >= 0.3 is 0 Å². The lowest BCUT2D eigenvalue weighted by Crippen LogP contribution is -1.75. The first kappa shape index (κ1) is 7.76. The third-order valence-corrected chi connectivity index (χ3v) is 2.05. The molecule has 0 saturated heterocycles. The fourth-order valence-electron chi connectivity index (χ4n) is 0.655. The summed E-state index contributed by atoms with van der Waals surface area (Å²) in [6, 6.07) is 10.1. The zero-order valence-corrected chi connectivity index (χ0v) is 7.34. The van der Waals surface area contributed by atoms with Gasteiger partial charge in [0.05, 0.1) is 0 Å². The molecule has 0 aliphatic heterocycles. The summed E-state index contributed by atoms with van der Waals surface area (Å²) in [5, 5.41) is 0. The molecular formula is C8H8S2. The van der Waals surface area contributed by atoms with Crippen molar-refractivity contribution in [1.82, 2.24) is 0 Å². The van der Waals surface area contributed by atoms with Gasteiger partial charge in [0.25, 0.3) is 0 Å². The standard InChI is InChI=1S/C8H8S2/c1-7(9)10-8-5-3-2-4-6-8/h2-6H,1H3. The lowest BCUT2D eigenvalue weighted by molar-refractivity contribution is 1.48. The Hall–Kier alpha value is -0.340. The van der Waals surface area contributed by atoms with Crippen molar-refractivity contribution in [2.75, 3.05) is 0 Å². The molecule has 0 spiro atoms. The molecule has 0 unspecified atom stereocenters. The van der Waals surface area contributed by atoms with E-state index < -0.39 is 0 Å². The predicted octanol–water partition coefficient (Wildman–Crippen LogP) is 3.13. The molecule has 52 valence electrons. The first-order chi connectivity index (χ1) is 4.79. The van der Waals surface area contributed by atoms with E-state index in [9.17, 15) is 0 Å². The van der Waals surface area contributed by atoms with Gasteiger partial charge in [-0.15, -0.1) is 0 Å². The molecule has 1 rings (SSSR count). The van der Waals surface area contributed by atoms with E-state index in [-0.39, 0.29) is 0 Å². The minimum atomic E-state index is 0.964. The van der Waals surface area contributed by atoms with Gasteiger partial charge in [-0.3, -0.25) is 0 Å². The van der Waals surface area contributed by atoms with E-state index in [1.807, 2.05) is 25.1 Å². The Labute approximate surface area is 70.6 Å². The van der Waals surface area contributed by atoms with E-state index >= 15 is 0 Å². The number of hydrogen-bond acceptors (Lipinski definition) is 2. The lowest BCUT2D eigenvalue weighted by atomic mass is 10.4. The average molecular weight is 168 g/mol. The molecule has 0 nitrogen and oxygen atoms in total. The molecule has 0 saturated carbocycles. The Morgan fingerprint density at radius 2 is 1.90 bits per heavy atom. The van der Waals surface area contributed by atoms with Crippen LogP contribution in [-0.4, -0.2) is 4.20 Å². The van der Waals surface area contributed by atoms with Gasteiger partial charge in [0, 0.05) is 9.09 Å². The van der Waals surface area contributed by atoms with Gasteiger partial charge in [-0.2, -0.15) is 0 Å². The smallest absolute Gasteiger partial charge is 0.0496 e. The predicted molar refractivity (Wildman–Crippen MR) is 50.6 cm³/mol. The van der Waals surface area contributed by atoms with E-state index in [1.54, 1.807) is 11.8 Å². The Kier molecular flexibility index (Phi) is 2.90. The van der Waals surface area contributed by atoms with Crippen molar-refractivity contribution in [1.29, 1.82) is 0 Å². The Morgan fingerprint density at radius 3 is 2.40 bits per heavy atom. The summed E-state index contributed by atoms with van der Waals surface area (Å²) in [5.41, 5.74) is 0. The van der Waals surface area contributed by atoms with Gasteiger partial charge < -0.3 is 0 Å². The lowest BCUT2D eigenvalue weighted by Gasteiger charge is -1.95. The van der Waals surface area contributed by atoms with Crippen LogP contribution in [0.25, 0.3) is 0 Å². The van der Waals surface area contributed by atoms with E-state index in [1.165, 1.54) is 4.90 Å². The zero-order chi connectivity index (χ0) is 7.40. The summed E-state index contributed by atoms with van der Waals surface area (Å²) in [6.07, 6.45) is 0. The van der Waals surface area contributed by atoms with Crippen LogP contribution in [0.5, 0.6) is 0 Å². The van der Waals surface area contributed by atoms with Gasteiger partial charge in [-0.25, -0.2) is 0 Å². The molecule has 0 bridgehead atoms. The highest BCUT2D eigenvalue weighted by atomic mass is 32.2. The normalized spacial score (nSPS) is 9.30. The number of thiocarbonyl (C=S) groups is 1. The van der Waals surface area contributed by atoms with Gasteiger partial charge in [0.1, 0.15) is 0 Å². The van der Waals surface area contributed by atoms with Crippen LogP contribution < -0.4 is 0 Å². The first-order valence-corrected chi connectivity index (χ1v) is 4.25. The quantitative estimate of drug-likeness (QED) is 0.467. The van der Waals surface area contributed by atoms with Crippen LogP contribution in [0.1, 0.15) is 6.92 Å². The van der Waals surface area contributed by atoms with E-state index in [0.29, 0.717) is 0 Å². The molecule has 0 heterocycles. The monoisotopic (exact) mass is 168 g/mol. The van der Waals surface area contributed by atoms with Crippen molar-refractivity contribution >= 4 is 28.2 Å². The second kappa shape index (κ2) is 3.74. The maximum atomic E-state index is 4.94. The van der Waals surface area contributed by atoms with Gasteiger partial charge in [0.2, 0.25) is 0 Å². The van der Waals surface area contributed by atoms with E-state index in [2.05, 4.69) is 12.1 Å². The third-order valence-electron chi connectivity index (χ3n) is 1.00. The topological polar surface area (TPSA) is 0 Å². The average Bonchev–Trinajstić information content (AvgIpc) is 1.88. The summed E-state index contributed by atoms with van der Waals surface area (Å²) < 4.78 is 0.964. The largest absolute Gasteiger partial charge is 0.0831 e. The highest BCUT2D eigenvalue weighted by Gasteiger charge is 1.90. The number of hydrogen-bond donors (Lipinski definition) is 0. The molecular weight excluding hydrogens is 160 g/mol. The van der Waals surface area contributed by atoms with Gasteiger partial charge in [0.15, 0.2) is 0 Å². The summed E-state index contributed by atoms with van der Waals surface area (Å²) in [5.74, 6) is 0. The molecule has 0 aliphatic rings. The molecule has 0 atom stereocenters. The minimum absolute atomic E-state index is 0.964. The second-order valence-corrected chi connectivity index (χ2v) is 4.07. The first-order valence-electron chi connectivity index (χ1n) is 3.02. The molecule has 0 amide bonds. The van der Waals surface area contributed by atoms with Crippen LogP contribution in [0.15, 0.2) is 35.2 Å². The van der Waals surface area contributed by atoms with Crippen LogP contribution in [0.4, 0.5) is 0 Å². The Bertz CT molecular complexity index is 216. The minimum Gasteiger partial charge on any atom is -0.0831 e.